The monoisotopic (exact) mass is 312 g/mol. The molecule has 0 amide bonds. The molecule has 3 heteroatoms. The van der Waals surface area contributed by atoms with Gasteiger partial charge in [-0.3, -0.25) is 4.79 Å². The lowest BCUT2D eigenvalue weighted by molar-refractivity contribution is 0.0923. The Morgan fingerprint density at radius 3 is 2.29 bits per heavy atom. The van der Waals surface area contributed by atoms with Gasteiger partial charge in [0, 0.05) is 10.5 Å². The van der Waals surface area contributed by atoms with Gasteiger partial charge in [0.05, 0.1) is 4.32 Å². The van der Waals surface area contributed by atoms with Crippen molar-refractivity contribution in [1.29, 1.82) is 0 Å². The van der Waals surface area contributed by atoms with E-state index in [1.54, 1.807) is 11.8 Å². The van der Waals surface area contributed by atoms with Crippen LogP contribution >= 0.6 is 27.7 Å². The van der Waals surface area contributed by atoms with Gasteiger partial charge < -0.3 is 0 Å². The molecule has 1 fully saturated rings. The standard InChI is InChI=1S/C14H17BrOS/c1-17-12-7-5-11(6-8-12)13(16)14(15)9-3-2-4-10-14/h5-8H,2-4,9-10H2,1H3. The Bertz CT molecular complexity index is 393. The molecule has 0 spiro atoms. The minimum absolute atomic E-state index is 0.254. The smallest absolute Gasteiger partial charge is 0.179 e. The van der Waals surface area contributed by atoms with Gasteiger partial charge in [0.2, 0.25) is 0 Å². The summed E-state index contributed by atoms with van der Waals surface area (Å²) in [7, 11) is 0. The van der Waals surface area contributed by atoms with Crippen molar-refractivity contribution >= 4 is 33.5 Å². The normalized spacial score (nSPS) is 18.9. The number of rotatable bonds is 3. The van der Waals surface area contributed by atoms with Gasteiger partial charge in [-0.1, -0.05) is 47.3 Å². The Morgan fingerprint density at radius 2 is 1.76 bits per heavy atom. The molecule has 1 saturated carbocycles. The minimum atomic E-state index is -0.299. The van der Waals surface area contributed by atoms with E-state index in [-0.39, 0.29) is 10.1 Å². The highest BCUT2D eigenvalue weighted by Gasteiger charge is 2.36. The summed E-state index contributed by atoms with van der Waals surface area (Å²) in [6.07, 6.45) is 7.54. The summed E-state index contributed by atoms with van der Waals surface area (Å²) in [6.45, 7) is 0. The Morgan fingerprint density at radius 1 is 1.18 bits per heavy atom. The molecule has 1 aliphatic carbocycles. The molecule has 2 rings (SSSR count). The molecule has 0 atom stereocenters. The van der Waals surface area contributed by atoms with Gasteiger partial charge in [0.15, 0.2) is 5.78 Å². The number of ketones is 1. The largest absolute Gasteiger partial charge is 0.293 e. The number of halogens is 1. The number of thioether (sulfide) groups is 1. The summed E-state index contributed by atoms with van der Waals surface area (Å²) in [5.74, 6) is 0.254. The molecule has 0 aliphatic heterocycles. The molecule has 1 aromatic rings. The second-order valence-corrected chi connectivity index (χ2v) is 6.98. The predicted molar refractivity (Wildman–Crippen MR) is 77.3 cm³/mol. The van der Waals surface area contributed by atoms with Gasteiger partial charge in [-0.15, -0.1) is 11.8 Å². The van der Waals surface area contributed by atoms with E-state index in [4.69, 9.17) is 0 Å². The Labute approximate surface area is 115 Å². The summed E-state index contributed by atoms with van der Waals surface area (Å²) in [5, 5.41) is 0. The number of hydrogen-bond acceptors (Lipinski definition) is 2. The van der Waals surface area contributed by atoms with Crippen LogP contribution in [-0.2, 0) is 0 Å². The first-order valence-electron chi connectivity index (χ1n) is 6.03. The van der Waals surface area contributed by atoms with E-state index in [1.807, 2.05) is 30.5 Å². The fourth-order valence-corrected chi connectivity index (χ4v) is 3.54. The van der Waals surface area contributed by atoms with Gasteiger partial charge >= 0.3 is 0 Å². The lowest BCUT2D eigenvalue weighted by Gasteiger charge is -2.30. The summed E-state index contributed by atoms with van der Waals surface area (Å²) >= 11 is 5.38. The van der Waals surface area contributed by atoms with Gasteiger partial charge in [0.25, 0.3) is 0 Å². The van der Waals surface area contributed by atoms with Gasteiger partial charge in [0.1, 0.15) is 0 Å². The molecule has 0 saturated heterocycles. The first-order valence-corrected chi connectivity index (χ1v) is 8.05. The molecule has 0 bridgehead atoms. The molecule has 0 N–H and O–H groups in total. The van der Waals surface area contributed by atoms with Crippen molar-refractivity contribution in [3.05, 3.63) is 29.8 Å². The van der Waals surface area contributed by atoms with Crippen molar-refractivity contribution < 1.29 is 4.79 Å². The van der Waals surface area contributed by atoms with Crippen LogP contribution in [0, 0.1) is 0 Å². The summed E-state index contributed by atoms with van der Waals surface area (Å²) in [4.78, 5) is 13.7. The zero-order valence-electron chi connectivity index (χ0n) is 10.0. The van der Waals surface area contributed by atoms with Gasteiger partial charge in [-0.25, -0.2) is 0 Å². The van der Waals surface area contributed by atoms with E-state index >= 15 is 0 Å². The molecule has 0 radical (unpaired) electrons. The topological polar surface area (TPSA) is 17.1 Å². The van der Waals surface area contributed by atoms with Crippen molar-refractivity contribution in [2.45, 2.75) is 41.3 Å². The number of carbonyl (C=O) groups is 1. The summed E-state index contributed by atoms with van der Waals surface area (Å²) in [5.41, 5.74) is 0.835. The number of benzene rings is 1. The SMILES string of the molecule is CSc1ccc(C(=O)C2(Br)CCCCC2)cc1. The maximum atomic E-state index is 12.5. The highest BCUT2D eigenvalue weighted by Crippen LogP contribution is 2.38. The van der Waals surface area contributed by atoms with Gasteiger partial charge in [-0.05, 0) is 31.2 Å². The van der Waals surface area contributed by atoms with Gasteiger partial charge in [-0.2, -0.15) is 0 Å². The number of carbonyl (C=O) groups excluding carboxylic acids is 1. The van der Waals surface area contributed by atoms with E-state index in [2.05, 4.69) is 15.9 Å². The zero-order chi connectivity index (χ0) is 12.3. The molecule has 1 nitrogen and oxygen atoms in total. The summed E-state index contributed by atoms with van der Waals surface area (Å²) in [6, 6.07) is 7.95. The molecule has 0 unspecified atom stereocenters. The van der Waals surface area contributed by atoms with Crippen molar-refractivity contribution in [3.8, 4) is 0 Å². The third-order valence-electron chi connectivity index (χ3n) is 3.41. The third kappa shape index (κ3) is 2.94. The minimum Gasteiger partial charge on any atom is -0.293 e. The molecule has 0 aromatic heterocycles. The molecule has 0 heterocycles. The van der Waals surface area contributed by atoms with Crippen LogP contribution in [0.15, 0.2) is 29.2 Å². The fourth-order valence-electron chi connectivity index (χ4n) is 2.34. The Balaban J connectivity index is 2.17. The van der Waals surface area contributed by atoms with Crippen LogP contribution in [0.5, 0.6) is 0 Å². The number of alkyl halides is 1. The first kappa shape index (κ1) is 13.2. The highest BCUT2D eigenvalue weighted by atomic mass is 79.9. The first-order chi connectivity index (χ1) is 8.15. The average Bonchev–Trinajstić information content (AvgIpc) is 2.39. The molecular formula is C14H17BrOS. The van der Waals surface area contributed by atoms with Crippen molar-refractivity contribution in [2.24, 2.45) is 0 Å². The average molecular weight is 313 g/mol. The van der Waals surface area contributed by atoms with E-state index < -0.39 is 0 Å². The fraction of sp³-hybridized carbons (Fsp3) is 0.500. The maximum Gasteiger partial charge on any atom is 0.179 e. The third-order valence-corrected chi connectivity index (χ3v) is 5.30. The molecule has 17 heavy (non-hydrogen) atoms. The van der Waals surface area contributed by atoms with E-state index in [1.165, 1.54) is 11.3 Å². The quantitative estimate of drug-likeness (QED) is 0.457. The lowest BCUT2D eigenvalue weighted by atomic mass is 9.83. The Hall–Kier alpha value is -0.280. The second-order valence-electron chi connectivity index (χ2n) is 4.58. The Kier molecular flexibility index (Phi) is 4.31. The zero-order valence-corrected chi connectivity index (χ0v) is 12.4. The van der Waals surface area contributed by atoms with E-state index in [0.29, 0.717) is 0 Å². The molecular weight excluding hydrogens is 296 g/mol. The predicted octanol–water partition coefficient (Wildman–Crippen LogP) is 4.69. The summed E-state index contributed by atoms with van der Waals surface area (Å²) < 4.78 is -0.299. The van der Waals surface area contributed by atoms with Crippen molar-refractivity contribution in [3.63, 3.8) is 0 Å². The van der Waals surface area contributed by atoms with Crippen molar-refractivity contribution in [1.82, 2.24) is 0 Å². The van der Waals surface area contributed by atoms with Crippen LogP contribution in [0.3, 0.4) is 0 Å². The van der Waals surface area contributed by atoms with Crippen LogP contribution in [0.4, 0.5) is 0 Å². The van der Waals surface area contributed by atoms with E-state index in [9.17, 15) is 4.79 Å². The maximum absolute atomic E-state index is 12.5. The van der Waals surface area contributed by atoms with Crippen molar-refractivity contribution in [2.75, 3.05) is 6.26 Å². The number of Topliss-reactive ketones (excluding diaryl/α,β-unsaturated/α-hetero) is 1. The van der Waals surface area contributed by atoms with Crippen LogP contribution in [0.25, 0.3) is 0 Å². The van der Waals surface area contributed by atoms with E-state index in [0.717, 1.165) is 31.2 Å². The molecule has 1 aliphatic rings. The highest BCUT2D eigenvalue weighted by molar-refractivity contribution is 9.10. The van der Waals surface area contributed by atoms with Crippen LogP contribution in [0.2, 0.25) is 0 Å². The lowest BCUT2D eigenvalue weighted by Crippen LogP contribution is -2.34. The second kappa shape index (κ2) is 5.57. The molecule has 1 aromatic carbocycles. The molecule has 92 valence electrons. The van der Waals surface area contributed by atoms with Crippen LogP contribution in [0.1, 0.15) is 42.5 Å². The van der Waals surface area contributed by atoms with Crippen LogP contribution < -0.4 is 0 Å². The van der Waals surface area contributed by atoms with Crippen LogP contribution in [-0.4, -0.2) is 16.4 Å². The number of hydrogen-bond donors (Lipinski definition) is 0.